The van der Waals surface area contributed by atoms with Gasteiger partial charge in [-0.05, 0) is 47.0 Å². The number of nitrogens with zero attached hydrogens (tertiary/aromatic N) is 1. The van der Waals surface area contributed by atoms with Crippen LogP contribution in [0, 0.1) is 0 Å². The summed E-state index contributed by atoms with van der Waals surface area (Å²) in [6.07, 6.45) is 0. The number of hydrogen-bond acceptors (Lipinski definition) is 3. The Morgan fingerprint density at radius 3 is 2.20 bits per heavy atom. The van der Waals surface area contributed by atoms with Crippen molar-refractivity contribution in [3.8, 4) is 0 Å². The highest BCUT2D eigenvalue weighted by atomic mass is 35.5. The average molecular weight is 480 g/mol. The summed E-state index contributed by atoms with van der Waals surface area (Å²) >= 11 is 6.17. The first-order valence-corrected chi connectivity index (χ1v) is 11.6. The molecular formula is C30H22ClNO3. The van der Waals surface area contributed by atoms with Crippen LogP contribution < -0.4 is 4.90 Å². The van der Waals surface area contributed by atoms with E-state index in [1.54, 1.807) is 23.1 Å². The van der Waals surface area contributed by atoms with Gasteiger partial charge in [0.25, 0.3) is 5.91 Å². The molecule has 0 aliphatic carbocycles. The Balaban J connectivity index is 1.66. The van der Waals surface area contributed by atoms with E-state index < -0.39 is 5.97 Å². The van der Waals surface area contributed by atoms with Crippen LogP contribution in [0.3, 0.4) is 0 Å². The van der Waals surface area contributed by atoms with E-state index in [0.717, 1.165) is 33.5 Å². The van der Waals surface area contributed by atoms with Crippen LogP contribution in [0.15, 0.2) is 103 Å². The summed E-state index contributed by atoms with van der Waals surface area (Å²) in [6.45, 7) is 0.326. The number of esters is 1. The highest BCUT2D eigenvalue weighted by Gasteiger charge is 2.35. The number of carbonyl (C=O) groups is 2. The molecule has 35 heavy (non-hydrogen) atoms. The number of para-hydroxylation sites is 1. The lowest BCUT2D eigenvalue weighted by Gasteiger charge is -2.18. The summed E-state index contributed by atoms with van der Waals surface area (Å²) in [6, 6.07) is 32.4. The molecule has 0 saturated carbocycles. The Bertz CT molecular complexity index is 1440. The van der Waals surface area contributed by atoms with Crippen LogP contribution in [0.1, 0.15) is 32.6 Å². The van der Waals surface area contributed by atoms with Crippen LogP contribution >= 0.6 is 11.6 Å². The third-order valence-corrected chi connectivity index (χ3v) is 6.31. The number of hydrogen-bond donors (Lipinski definition) is 0. The van der Waals surface area contributed by atoms with Crippen molar-refractivity contribution in [2.24, 2.45) is 0 Å². The summed E-state index contributed by atoms with van der Waals surface area (Å²) in [4.78, 5) is 27.8. The molecule has 4 nitrogen and oxygen atoms in total. The third-order valence-electron chi connectivity index (χ3n) is 6.06. The van der Waals surface area contributed by atoms with Gasteiger partial charge < -0.3 is 9.64 Å². The van der Waals surface area contributed by atoms with Gasteiger partial charge in [-0.3, -0.25) is 4.79 Å². The van der Waals surface area contributed by atoms with E-state index >= 15 is 0 Å². The molecule has 0 radical (unpaired) electrons. The highest BCUT2D eigenvalue weighted by Crippen LogP contribution is 2.43. The molecule has 0 aromatic heterocycles. The Kier molecular flexibility index (Phi) is 6.21. The fourth-order valence-electron chi connectivity index (χ4n) is 4.45. The van der Waals surface area contributed by atoms with E-state index in [4.69, 9.17) is 16.3 Å². The molecule has 0 fully saturated rings. The van der Waals surface area contributed by atoms with Crippen LogP contribution in [0.2, 0.25) is 5.02 Å². The number of fused-ring (bicyclic) bond motifs is 1. The Morgan fingerprint density at radius 1 is 0.800 bits per heavy atom. The van der Waals surface area contributed by atoms with E-state index in [-0.39, 0.29) is 5.91 Å². The number of halogens is 1. The van der Waals surface area contributed by atoms with Gasteiger partial charge in [0.15, 0.2) is 0 Å². The average Bonchev–Trinajstić information content (AvgIpc) is 3.17. The molecular weight excluding hydrogens is 458 g/mol. The smallest absolute Gasteiger partial charge is 0.337 e. The summed E-state index contributed by atoms with van der Waals surface area (Å²) in [5.74, 6) is -0.502. The predicted octanol–water partition coefficient (Wildman–Crippen LogP) is 6.63. The van der Waals surface area contributed by atoms with Crippen molar-refractivity contribution in [3.05, 3.63) is 136 Å². The zero-order valence-corrected chi connectivity index (χ0v) is 19.8. The molecule has 0 atom stereocenters. The highest BCUT2D eigenvalue weighted by molar-refractivity contribution is 6.39. The predicted molar refractivity (Wildman–Crippen MR) is 139 cm³/mol. The quantitative estimate of drug-likeness (QED) is 0.238. The lowest BCUT2D eigenvalue weighted by atomic mass is 9.90. The van der Waals surface area contributed by atoms with Gasteiger partial charge in [0.05, 0.1) is 30.5 Å². The maximum Gasteiger partial charge on any atom is 0.337 e. The minimum absolute atomic E-state index is 0.0940. The van der Waals surface area contributed by atoms with Gasteiger partial charge in [-0.1, -0.05) is 84.4 Å². The van der Waals surface area contributed by atoms with E-state index in [0.29, 0.717) is 22.7 Å². The number of amides is 1. The number of carbonyl (C=O) groups excluding carboxylic acids is 2. The fourth-order valence-corrected chi connectivity index (χ4v) is 4.58. The molecule has 0 spiro atoms. The standard InChI is InChI=1S/C30H22ClNO3/c1-35-30(34)23-11-7-8-20(18-23)19-32-26-13-6-5-12-25(26)28(29(32)33)27(21-9-3-2-4-10-21)22-14-16-24(31)17-15-22/h2-18H,19H2,1H3/b28-27+. The van der Waals surface area contributed by atoms with Gasteiger partial charge in [0, 0.05) is 16.2 Å². The van der Waals surface area contributed by atoms with Gasteiger partial charge in [-0.25, -0.2) is 4.79 Å². The molecule has 0 N–H and O–H groups in total. The number of rotatable bonds is 5. The summed E-state index contributed by atoms with van der Waals surface area (Å²) in [5, 5.41) is 0.636. The van der Waals surface area contributed by atoms with E-state index in [1.165, 1.54) is 7.11 Å². The molecule has 1 aliphatic heterocycles. The lowest BCUT2D eigenvalue weighted by Crippen LogP contribution is -2.26. The van der Waals surface area contributed by atoms with Gasteiger partial charge in [0.1, 0.15) is 0 Å². The van der Waals surface area contributed by atoms with E-state index in [9.17, 15) is 9.59 Å². The first-order chi connectivity index (χ1) is 17.1. The van der Waals surface area contributed by atoms with Crippen molar-refractivity contribution in [2.75, 3.05) is 12.0 Å². The van der Waals surface area contributed by atoms with Crippen LogP contribution in [-0.4, -0.2) is 19.0 Å². The molecule has 5 heteroatoms. The minimum atomic E-state index is -0.408. The summed E-state index contributed by atoms with van der Waals surface area (Å²) in [5.41, 5.74) is 6.34. The molecule has 5 rings (SSSR count). The monoisotopic (exact) mass is 479 g/mol. The van der Waals surface area contributed by atoms with Gasteiger partial charge in [0.2, 0.25) is 0 Å². The maximum atomic E-state index is 14.0. The van der Waals surface area contributed by atoms with Crippen LogP contribution in [0.5, 0.6) is 0 Å². The number of benzene rings is 4. The first-order valence-electron chi connectivity index (χ1n) is 11.2. The van der Waals surface area contributed by atoms with Gasteiger partial charge >= 0.3 is 5.97 Å². The zero-order valence-electron chi connectivity index (χ0n) is 19.1. The summed E-state index contributed by atoms with van der Waals surface area (Å²) in [7, 11) is 1.36. The molecule has 172 valence electrons. The number of methoxy groups -OCH3 is 1. The third kappa shape index (κ3) is 4.36. The topological polar surface area (TPSA) is 46.6 Å². The SMILES string of the molecule is COC(=O)c1cccc(CN2C(=O)/C(=C(\c3ccccc3)c3ccc(Cl)cc3)c3ccccc32)c1. The van der Waals surface area contributed by atoms with Crippen molar-refractivity contribution in [1.29, 1.82) is 0 Å². The minimum Gasteiger partial charge on any atom is -0.465 e. The second kappa shape index (κ2) is 9.61. The maximum absolute atomic E-state index is 14.0. The molecule has 1 heterocycles. The fraction of sp³-hybridized carbons (Fsp3) is 0.0667. The lowest BCUT2D eigenvalue weighted by molar-refractivity contribution is -0.113. The molecule has 4 aromatic rings. The Hall–Kier alpha value is -4.15. The second-order valence-corrected chi connectivity index (χ2v) is 8.66. The van der Waals surface area contributed by atoms with Crippen LogP contribution in [0.4, 0.5) is 5.69 Å². The van der Waals surface area contributed by atoms with Crippen molar-refractivity contribution >= 4 is 40.3 Å². The number of ether oxygens (including phenoxy) is 1. The molecule has 0 saturated heterocycles. The van der Waals surface area contributed by atoms with Crippen LogP contribution in [0.25, 0.3) is 11.1 Å². The second-order valence-electron chi connectivity index (χ2n) is 8.22. The molecule has 1 amide bonds. The largest absolute Gasteiger partial charge is 0.465 e. The normalized spacial score (nSPS) is 14.0. The Labute approximate surface area is 209 Å². The van der Waals surface area contributed by atoms with E-state index in [2.05, 4.69) is 0 Å². The number of anilines is 1. The Morgan fingerprint density at radius 2 is 1.46 bits per heavy atom. The molecule has 0 unspecified atom stereocenters. The van der Waals surface area contributed by atoms with Crippen LogP contribution in [-0.2, 0) is 16.1 Å². The first kappa shape index (κ1) is 22.6. The summed E-state index contributed by atoms with van der Waals surface area (Å²) < 4.78 is 4.86. The van der Waals surface area contributed by atoms with Crippen molar-refractivity contribution < 1.29 is 14.3 Å². The van der Waals surface area contributed by atoms with Gasteiger partial charge in [-0.15, -0.1) is 0 Å². The van der Waals surface area contributed by atoms with E-state index in [1.807, 2.05) is 84.9 Å². The van der Waals surface area contributed by atoms with Gasteiger partial charge in [-0.2, -0.15) is 0 Å². The zero-order chi connectivity index (χ0) is 24.4. The molecule has 4 aromatic carbocycles. The molecule has 1 aliphatic rings. The van der Waals surface area contributed by atoms with Crippen molar-refractivity contribution in [2.45, 2.75) is 6.54 Å². The van der Waals surface area contributed by atoms with Crippen molar-refractivity contribution in [1.82, 2.24) is 0 Å². The van der Waals surface area contributed by atoms with Crippen molar-refractivity contribution in [3.63, 3.8) is 0 Å². The molecule has 0 bridgehead atoms.